The maximum Gasteiger partial charge on any atom is 0.248 e. The molecule has 1 aromatic rings. The van der Waals surface area contributed by atoms with Gasteiger partial charge in [-0.3, -0.25) is 9.59 Å². The molecule has 0 aliphatic carbocycles. The first-order valence-corrected chi connectivity index (χ1v) is 8.53. The van der Waals surface area contributed by atoms with Gasteiger partial charge < -0.3 is 10.2 Å². The number of carbonyl (C=O) groups excluding carboxylic acids is 2. The lowest BCUT2D eigenvalue weighted by atomic mass is 10.2. The summed E-state index contributed by atoms with van der Waals surface area (Å²) < 4.78 is 0. The second-order valence-corrected chi connectivity index (χ2v) is 5.72. The van der Waals surface area contributed by atoms with Gasteiger partial charge in [-0.25, -0.2) is 0 Å². The first-order chi connectivity index (χ1) is 10.7. The molecule has 0 aromatic heterocycles. The van der Waals surface area contributed by atoms with Gasteiger partial charge in [-0.15, -0.1) is 11.8 Å². The van der Waals surface area contributed by atoms with Crippen molar-refractivity contribution in [2.75, 3.05) is 12.8 Å². The van der Waals surface area contributed by atoms with Crippen LogP contribution in [0.1, 0.15) is 18.4 Å². The summed E-state index contributed by atoms with van der Waals surface area (Å²) in [4.78, 5) is 25.7. The van der Waals surface area contributed by atoms with Crippen LogP contribution in [0.25, 0.3) is 6.08 Å². The van der Waals surface area contributed by atoms with Crippen molar-refractivity contribution in [2.45, 2.75) is 19.0 Å². The van der Waals surface area contributed by atoms with Crippen LogP contribution in [0.2, 0.25) is 0 Å². The molecular formula is C17H20N2O2S. The minimum atomic E-state index is -0.216. The van der Waals surface area contributed by atoms with E-state index in [2.05, 4.69) is 5.32 Å². The average molecular weight is 316 g/mol. The van der Waals surface area contributed by atoms with Gasteiger partial charge in [-0.05, 0) is 36.1 Å². The van der Waals surface area contributed by atoms with Crippen molar-refractivity contribution in [3.8, 4) is 0 Å². The number of hydrogen-bond acceptors (Lipinski definition) is 3. The molecule has 1 N–H and O–H groups in total. The third-order valence-electron chi connectivity index (χ3n) is 3.42. The van der Waals surface area contributed by atoms with Crippen molar-refractivity contribution in [2.24, 2.45) is 0 Å². The summed E-state index contributed by atoms with van der Waals surface area (Å²) >= 11 is 1.48. The SMILES string of the molecule is CS/C=C/C(=O)N1CCC[C@@H]1NC(=O)/C=C/c1ccccc1. The largest absolute Gasteiger partial charge is 0.332 e. The number of nitrogens with one attached hydrogen (secondary N) is 1. The fourth-order valence-electron chi connectivity index (χ4n) is 2.35. The lowest BCUT2D eigenvalue weighted by Crippen LogP contribution is -2.46. The van der Waals surface area contributed by atoms with Gasteiger partial charge >= 0.3 is 0 Å². The molecule has 1 atom stereocenters. The molecule has 1 fully saturated rings. The molecule has 4 nitrogen and oxygen atoms in total. The molecule has 1 aliphatic rings. The second kappa shape index (κ2) is 8.44. The highest BCUT2D eigenvalue weighted by atomic mass is 32.2. The van der Waals surface area contributed by atoms with Crippen molar-refractivity contribution in [1.29, 1.82) is 0 Å². The maximum atomic E-state index is 12.0. The summed E-state index contributed by atoms with van der Waals surface area (Å²) in [5, 5.41) is 4.65. The molecule has 1 aliphatic heterocycles. The number of amides is 2. The predicted molar refractivity (Wildman–Crippen MR) is 91.0 cm³/mol. The number of carbonyl (C=O) groups is 2. The average Bonchev–Trinajstić information content (AvgIpc) is 3.00. The number of likely N-dealkylation sites (tertiary alicyclic amines) is 1. The first-order valence-electron chi connectivity index (χ1n) is 7.24. The molecule has 1 saturated heterocycles. The van der Waals surface area contributed by atoms with Gasteiger partial charge in [0.15, 0.2) is 0 Å². The van der Waals surface area contributed by atoms with Crippen LogP contribution in [0.15, 0.2) is 47.9 Å². The minimum Gasteiger partial charge on any atom is -0.332 e. The summed E-state index contributed by atoms with van der Waals surface area (Å²) in [6, 6.07) is 9.65. The highest BCUT2D eigenvalue weighted by molar-refractivity contribution is 8.01. The maximum absolute atomic E-state index is 12.0. The Bertz CT molecular complexity index is 569. The Morgan fingerprint density at radius 3 is 2.77 bits per heavy atom. The van der Waals surface area contributed by atoms with Crippen LogP contribution in [0, 0.1) is 0 Å². The van der Waals surface area contributed by atoms with Crippen molar-refractivity contribution in [1.82, 2.24) is 10.2 Å². The molecule has 22 heavy (non-hydrogen) atoms. The Kier molecular flexibility index (Phi) is 6.27. The van der Waals surface area contributed by atoms with E-state index in [0.717, 1.165) is 18.4 Å². The van der Waals surface area contributed by atoms with E-state index < -0.39 is 0 Å². The number of benzene rings is 1. The van der Waals surface area contributed by atoms with E-state index in [9.17, 15) is 9.59 Å². The molecule has 2 amide bonds. The summed E-state index contributed by atoms with van der Waals surface area (Å²) in [6.45, 7) is 0.685. The van der Waals surface area contributed by atoms with E-state index in [0.29, 0.717) is 6.54 Å². The smallest absolute Gasteiger partial charge is 0.248 e. The van der Waals surface area contributed by atoms with Crippen LogP contribution in [0.3, 0.4) is 0 Å². The molecule has 1 aromatic carbocycles. The molecule has 0 bridgehead atoms. The summed E-state index contributed by atoms with van der Waals surface area (Å²) in [7, 11) is 0. The summed E-state index contributed by atoms with van der Waals surface area (Å²) in [5.41, 5.74) is 0.972. The predicted octanol–water partition coefficient (Wildman–Crippen LogP) is 2.64. The third kappa shape index (κ3) is 4.77. The zero-order chi connectivity index (χ0) is 15.8. The van der Waals surface area contributed by atoms with Crippen molar-refractivity contribution in [3.63, 3.8) is 0 Å². The van der Waals surface area contributed by atoms with Gasteiger partial charge in [0.2, 0.25) is 11.8 Å². The normalized spacial score (nSPS) is 18.2. The van der Waals surface area contributed by atoms with Crippen LogP contribution in [-0.2, 0) is 9.59 Å². The Hall–Kier alpha value is -2.01. The van der Waals surface area contributed by atoms with Gasteiger partial charge in [0.05, 0.1) is 0 Å². The third-order valence-corrected chi connectivity index (χ3v) is 3.83. The van der Waals surface area contributed by atoms with Crippen molar-refractivity contribution >= 4 is 29.7 Å². The molecular weight excluding hydrogens is 296 g/mol. The van der Waals surface area contributed by atoms with Crippen molar-refractivity contribution < 1.29 is 9.59 Å². The van der Waals surface area contributed by atoms with E-state index in [1.807, 2.05) is 36.6 Å². The number of rotatable bonds is 5. The fourth-order valence-corrected chi connectivity index (χ4v) is 2.60. The highest BCUT2D eigenvalue weighted by Crippen LogP contribution is 2.16. The van der Waals surface area contributed by atoms with E-state index in [1.165, 1.54) is 17.8 Å². The molecule has 0 radical (unpaired) electrons. The van der Waals surface area contributed by atoms with Crippen molar-refractivity contribution in [3.05, 3.63) is 53.5 Å². The Morgan fingerprint density at radius 2 is 2.05 bits per heavy atom. The minimum absolute atomic E-state index is 0.0517. The topological polar surface area (TPSA) is 49.4 Å². The number of nitrogens with zero attached hydrogens (tertiary/aromatic N) is 1. The van der Waals surface area contributed by atoms with E-state index in [1.54, 1.807) is 22.5 Å². The van der Waals surface area contributed by atoms with E-state index in [-0.39, 0.29) is 18.0 Å². The lowest BCUT2D eigenvalue weighted by molar-refractivity contribution is -0.128. The van der Waals surface area contributed by atoms with Crippen LogP contribution >= 0.6 is 11.8 Å². The summed E-state index contributed by atoms with van der Waals surface area (Å²) in [6.07, 6.45) is 8.22. The zero-order valence-electron chi connectivity index (χ0n) is 12.6. The van der Waals surface area contributed by atoms with Gasteiger partial charge in [-0.1, -0.05) is 30.3 Å². The number of thioether (sulfide) groups is 1. The molecule has 2 rings (SSSR count). The molecule has 0 unspecified atom stereocenters. The van der Waals surface area contributed by atoms with Gasteiger partial charge in [-0.2, -0.15) is 0 Å². The first kappa shape index (κ1) is 16.4. The van der Waals surface area contributed by atoms with Crippen LogP contribution < -0.4 is 5.32 Å². The molecule has 116 valence electrons. The lowest BCUT2D eigenvalue weighted by Gasteiger charge is -2.23. The van der Waals surface area contributed by atoms with Crippen LogP contribution in [0.4, 0.5) is 0 Å². The monoisotopic (exact) mass is 316 g/mol. The molecule has 1 heterocycles. The zero-order valence-corrected chi connectivity index (χ0v) is 13.4. The Labute approximate surface area is 135 Å². The molecule has 5 heteroatoms. The standard InChI is InChI=1S/C17H20N2O2S/c1-22-13-11-17(21)19-12-5-8-15(19)18-16(20)10-9-14-6-3-2-4-7-14/h2-4,6-7,9-11,13,15H,5,8,12H2,1H3,(H,18,20)/b10-9+,13-11+/t15-/m1/s1. The van der Waals surface area contributed by atoms with Gasteiger partial charge in [0.25, 0.3) is 0 Å². The molecule has 0 saturated carbocycles. The number of hydrogen-bond donors (Lipinski definition) is 1. The Morgan fingerprint density at radius 1 is 1.27 bits per heavy atom. The second-order valence-electron chi connectivity index (χ2n) is 4.98. The van der Waals surface area contributed by atoms with E-state index in [4.69, 9.17) is 0 Å². The van der Waals surface area contributed by atoms with E-state index >= 15 is 0 Å². The quantitative estimate of drug-likeness (QED) is 0.850. The van der Waals surface area contributed by atoms with Crippen LogP contribution in [-0.4, -0.2) is 35.7 Å². The molecule has 0 spiro atoms. The van der Waals surface area contributed by atoms with Crippen LogP contribution in [0.5, 0.6) is 0 Å². The van der Waals surface area contributed by atoms with Gasteiger partial charge in [0, 0.05) is 18.7 Å². The Balaban J connectivity index is 1.91. The summed E-state index contributed by atoms with van der Waals surface area (Å²) in [5.74, 6) is -0.230. The highest BCUT2D eigenvalue weighted by Gasteiger charge is 2.27. The fraction of sp³-hybridized carbons (Fsp3) is 0.294. The van der Waals surface area contributed by atoms with Gasteiger partial charge in [0.1, 0.15) is 6.17 Å².